The second kappa shape index (κ2) is 6.30. The van der Waals surface area contributed by atoms with Crippen molar-refractivity contribution >= 4 is 18.1 Å². The Bertz CT molecular complexity index is 452. The third-order valence-corrected chi connectivity index (χ3v) is 2.47. The molecule has 0 saturated carbocycles. The van der Waals surface area contributed by atoms with Crippen LogP contribution in [-0.2, 0) is 20.1 Å². The Hall–Kier alpha value is -1.49. The van der Waals surface area contributed by atoms with Crippen molar-refractivity contribution in [3.8, 4) is 0 Å². The van der Waals surface area contributed by atoms with Gasteiger partial charge in [-0.05, 0) is 12.1 Å². The molecule has 0 saturated heterocycles. The second-order valence-corrected chi connectivity index (χ2v) is 3.65. The average Bonchev–Trinajstić information content (AvgIpc) is 2.86. The first-order valence-corrected chi connectivity index (χ1v) is 5.22. The molecular weight excluding hydrogens is 243 g/mol. The standard InChI is InChI=1S/C11H15FN4.ClH/c1-15-5-2-3-11(15)8-13-10-7-14-16(9-10)6-4-12;/h2-3,5,7,9,13H,4,6,8H2,1H3;1H. The first kappa shape index (κ1) is 13.6. The number of hydrogen-bond donors (Lipinski definition) is 1. The molecule has 0 aliphatic rings. The second-order valence-electron chi connectivity index (χ2n) is 3.65. The number of nitrogens with zero attached hydrogens (tertiary/aromatic N) is 3. The van der Waals surface area contributed by atoms with Crippen molar-refractivity contribution in [3.63, 3.8) is 0 Å². The quantitative estimate of drug-likeness (QED) is 0.893. The molecule has 0 atom stereocenters. The molecule has 0 aromatic carbocycles. The topological polar surface area (TPSA) is 34.8 Å². The zero-order valence-corrected chi connectivity index (χ0v) is 10.5. The van der Waals surface area contributed by atoms with Gasteiger partial charge in [0.25, 0.3) is 0 Å². The van der Waals surface area contributed by atoms with Crippen molar-refractivity contribution in [2.75, 3.05) is 12.0 Å². The lowest BCUT2D eigenvalue weighted by Crippen LogP contribution is -2.03. The van der Waals surface area contributed by atoms with Crippen LogP contribution in [0.1, 0.15) is 5.69 Å². The van der Waals surface area contributed by atoms with Gasteiger partial charge in [0.2, 0.25) is 0 Å². The molecule has 0 unspecified atom stereocenters. The Kier molecular flexibility index (Phi) is 5.03. The highest BCUT2D eigenvalue weighted by atomic mass is 35.5. The van der Waals surface area contributed by atoms with Gasteiger partial charge in [-0.1, -0.05) is 0 Å². The minimum absolute atomic E-state index is 0. The summed E-state index contributed by atoms with van der Waals surface area (Å²) in [5.41, 5.74) is 2.10. The van der Waals surface area contributed by atoms with Gasteiger partial charge in [0.1, 0.15) is 6.67 Å². The molecule has 0 spiro atoms. The fraction of sp³-hybridized carbons (Fsp3) is 0.364. The number of hydrogen-bond acceptors (Lipinski definition) is 2. The van der Waals surface area contributed by atoms with Crippen molar-refractivity contribution in [3.05, 3.63) is 36.4 Å². The van der Waals surface area contributed by atoms with Gasteiger partial charge in [0, 0.05) is 25.1 Å². The average molecular weight is 259 g/mol. The zero-order chi connectivity index (χ0) is 11.4. The molecular formula is C11H16ClFN4. The Balaban J connectivity index is 0.00000144. The number of aromatic nitrogens is 3. The SMILES string of the molecule is Cl.Cn1cccc1CNc1cnn(CCF)c1. The number of alkyl halides is 1. The molecule has 0 bridgehead atoms. The summed E-state index contributed by atoms with van der Waals surface area (Å²) in [6, 6.07) is 4.06. The minimum atomic E-state index is -0.390. The van der Waals surface area contributed by atoms with E-state index < -0.39 is 0 Å². The summed E-state index contributed by atoms with van der Waals surface area (Å²) in [5.74, 6) is 0. The number of nitrogens with one attached hydrogen (secondary N) is 1. The molecule has 17 heavy (non-hydrogen) atoms. The minimum Gasteiger partial charge on any atom is -0.377 e. The van der Waals surface area contributed by atoms with E-state index in [4.69, 9.17) is 0 Å². The van der Waals surface area contributed by atoms with Crippen LogP contribution in [0.5, 0.6) is 0 Å². The third-order valence-electron chi connectivity index (χ3n) is 2.47. The van der Waals surface area contributed by atoms with E-state index in [0.717, 1.165) is 12.2 Å². The van der Waals surface area contributed by atoms with Crippen molar-refractivity contribution in [1.29, 1.82) is 0 Å². The lowest BCUT2D eigenvalue weighted by Gasteiger charge is -2.04. The highest BCUT2D eigenvalue weighted by Crippen LogP contribution is 2.08. The fourth-order valence-electron chi connectivity index (χ4n) is 1.54. The first-order valence-electron chi connectivity index (χ1n) is 5.22. The zero-order valence-electron chi connectivity index (χ0n) is 9.64. The summed E-state index contributed by atoms with van der Waals surface area (Å²) in [6.07, 6.45) is 5.52. The van der Waals surface area contributed by atoms with Crippen LogP contribution in [0.2, 0.25) is 0 Å². The predicted molar refractivity (Wildman–Crippen MR) is 68.2 cm³/mol. The molecule has 1 N–H and O–H groups in total. The molecule has 2 aromatic heterocycles. The molecule has 0 amide bonds. The predicted octanol–water partition coefficient (Wildman–Crippen LogP) is 2.22. The first-order chi connectivity index (χ1) is 7.79. The summed E-state index contributed by atoms with van der Waals surface area (Å²) < 4.78 is 15.7. The molecule has 0 aliphatic carbocycles. The van der Waals surface area contributed by atoms with Crippen LogP contribution in [0.25, 0.3) is 0 Å². The van der Waals surface area contributed by atoms with Gasteiger partial charge in [-0.25, -0.2) is 4.39 Å². The maximum absolute atomic E-state index is 12.1. The molecule has 2 heterocycles. The third kappa shape index (κ3) is 3.49. The van der Waals surface area contributed by atoms with Gasteiger partial charge in [-0.15, -0.1) is 12.4 Å². The summed E-state index contributed by atoms with van der Waals surface area (Å²) in [5, 5.41) is 7.28. The summed E-state index contributed by atoms with van der Waals surface area (Å²) in [7, 11) is 2.00. The van der Waals surface area contributed by atoms with Crippen molar-refractivity contribution in [2.24, 2.45) is 7.05 Å². The number of anilines is 1. The summed E-state index contributed by atoms with van der Waals surface area (Å²) in [6.45, 7) is 0.662. The van der Waals surface area contributed by atoms with Gasteiger partial charge in [0.05, 0.1) is 25.0 Å². The molecule has 2 aromatic rings. The number of aryl methyl sites for hydroxylation is 2. The van der Waals surface area contributed by atoms with Gasteiger partial charge in [-0.3, -0.25) is 4.68 Å². The normalized spacial score (nSPS) is 10.0. The van der Waals surface area contributed by atoms with Crippen LogP contribution in [0.4, 0.5) is 10.1 Å². The lowest BCUT2D eigenvalue weighted by molar-refractivity contribution is 0.427. The van der Waals surface area contributed by atoms with Gasteiger partial charge >= 0.3 is 0 Å². The highest BCUT2D eigenvalue weighted by molar-refractivity contribution is 5.85. The molecule has 4 nitrogen and oxygen atoms in total. The Morgan fingerprint density at radius 1 is 1.47 bits per heavy atom. The van der Waals surface area contributed by atoms with Crippen LogP contribution in [0.3, 0.4) is 0 Å². The lowest BCUT2D eigenvalue weighted by atomic mass is 10.4. The van der Waals surface area contributed by atoms with E-state index >= 15 is 0 Å². The number of rotatable bonds is 5. The van der Waals surface area contributed by atoms with Crippen molar-refractivity contribution in [1.82, 2.24) is 14.3 Å². The molecule has 0 fully saturated rings. The molecule has 0 aliphatic heterocycles. The monoisotopic (exact) mass is 258 g/mol. The molecule has 6 heteroatoms. The van der Waals surface area contributed by atoms with Crippen molar-refractivity contribution in [2.45, 2.75) is 13.1 Å². The van der Waals surface area contributed by atoms with E-state index in [9.17, 15) is 4.39 Å². The van der Waals surface area contributed by atoms with Crippen LogP contribution in [-0.4, -0.2) is 21.0 Å². The van der Waals surface area contributed by atoms with Gasteiger partial charge in [-0.2, -0.15) is 5.10 Å². The van der Waals surface area contributed by atoms with Crippen molar-refractivity contribution < 1.29 is 4.39 Å². The van der Waals surface area contributed by atoms with Gasteiger partial charge in [0.15, 0.2) is 0 Å². The van der Waals surface area contributed by atoms with Gasteiger partial charge < -0.3 is 9.88 Å². The summed E-state index contributed by atoms with van der Waals surface area (Å²) in [4.78, 5) is 0. The van der Waals surface area contributed by atoms with E-state index in [0.29, 0.717) is 6.54 Å². The smallest absolute Gasteiger partial charge is 0.109 e. The van der Waals surface area contributed by atoms with E-state index in [-0.39, 0.29) is 19.1 Å². The summed E-state index contributed by atoms with van der Waals surface area (Å²) >= 11 is 0. The molecule has 94 valence electrons. The van der Waals surface area contributed by atoms with E-state index in [1.54, 1.807) is 10.9 Å². The Morgan fingerprint density at radius 2 is 2.29 bits per heavy atom. The van der Waals surface area contributed by atoms with Crippen LogP contribution < -0.4 is 5.32 Å². The Morgan fingerprint density at radius 3 is 2.94 bits per heavy atom. The van der Waals surface area contributed by atoms with E-state index in [1.807, 2.05) is 25.5 Å². The molecule has 2 rings (SSSR count). The fourth-order valence-corrected chi connectivity index (χ4v) is 1.54. The van der Waals surface area contributed by atoms with Crippen LogP contribution in [0, 0.1) is 0 Å². The molecule has 0 radical (unpaired) electrons. The number of halogens is 2. The highest BCUT2D eigenvalue weighted by Gasteiger charge is 2.00. The largest absolute Gasteiger partial charge is 0.377 e. The maximum Gasteiger partial charge on any atom is 0.109 e. The Labute approximate surface area is 106 Å². The van der Waals surface area contributed by atoms with Crippen LogP contribution >= 0.6 is 12.4 Å². The van der Waals surface area contributed by atoms with E-state index in [1.165, 1.54) is 5.69 Å². The van der Waals surface area contributed by atoms with E-state index in [2.05, 4.69) is 21.0 Å². The van der Waals surface area contributed by atoms with Crippen LogP contribution in [0.15, 0.2) is 30.7 Å². The maximum atomic E-state index is 12.1.